The maximum Gasteiger partial charge on any atom is 0.268 e. The summed E-state index contributed by atoms with van der Waals surface area (Å²) in [5.41, 5.74) is 6.93. The molecule has 0 radical (unpaired) electrons. The predicted molar refractivity (Wildman–Crippen MR) is 85.4 cm³/mol. The predicted octanol–water partition coefficient (Wildman–Crippen LogP) is 2.09. The average Bonchev–Trinajstić information content (AvgIpc) is 2.87. The second kappa shape index (κ2) is 5.47. The van der Waals surface area contributed by atoms with Gasteiger partial charge in [-0.3, -0.25) is 0 Å². The van der Waals surface area contributed by atoms with Crippen molar-refractivity contribution in [1.29, 1.82) is 0 Å². The first-order valence-electron chi connectivity index (χ1n) is 6.87. The molecule has 22 heavy (non-hydrogen) atoms. The van der Waals surface area contributed by atoms with Crippen molar-refractivity contribution in [2.45, 2.75) is 11.3 Å². The molecule has 3 rings (SSSR count). The first-order chi connectivity index (χ1) is 10.5. The number of fused-ring (bicyclic) bond motifs is 1. The number of nitrogens with zero attached hydrogens (tertiary/aromatic N) is 1. The minimum atomic E-state index is -3.68. The van der Waals surface area contributed by atoms with E-state index >= 15 is 0 Å². The summed E-state index contributed by atoms with van der Waals surface area (Å²) in [7, 11) is -3.68. The van der Waals surface area contributed by atoms with Crippen molar-refractivity contribution in [3.63, 3.8) is 0 Å². The maximum atomic E-state index is 12.8. The van der Waals surface area contributed by atoms with Gasteiger partial charge in [-0.2, -0.15) is 0 Å². The highest BCUT2D eigenvalue weighted by atomic mass is 32.2. The number of aromatic nitrogens is 1. The third-order valence-corrected chi connectivity index (χ3v) is 5.24. The largest absolute Gasteiger partial charge is 0.508 e. The Labute approximate surface area is 128 Å². The number of hydrogen-bond acceptors (Lipinski definition) is 4. The van der Waals surface area contributed by atoms with Gasteiger partial charge in [-0.15, -0.1) is 0 Å². The Bertz CT molecular complexity index is 915. The molecule has 0 amide bonds. The third-order valence-electron chi connectivity index (χ3n) is 3.55. The number of aromatic hydroxyl groups is 1. The van der Waals surface area contributed by atoms with Gasteiger partial charge in [0.2, 0.25) is 0 Å². The lowest BCUT2D eigenvalue weighted by molar-refractivity contribution is 0.476. The molecule has 0 bridgehead atoms. The molecule has 0 unspecified atom stereocenters. The van der Waals surface area contributed by atoms with Crippen molar-refractivity contribution in [2.75, 3.05) is 6.54 Å². The third kappa shape index (κ3) is 2.36. The maximum absolute atomic E-state index is 12.8. The summed E-state index contributed by atoms with van der Waals surface area (Å²) in [5.74, 6) is 0.0978. The van der Waals surface area contributed by atoms with Gasteiger partial charge in [-0.05, 0) is 48.9 Å². The summed E-state index contributed by atoms with van der Waals surface area (Å²) < 4.78 is 26.9. The van der Waals surface area contributed by atoms with Crippen LogP contribution in [0.25, 0.3) is 10.9 Å². The summed E-state index contributed by atoms with van der Waals surface area (Å²) >= 11 is 0. The van der Waals surface area contributed by atoms with Gasteiger partial charge in [0.15, 0.2) is 0 Å². The van der Waals surface area contributed by atoms with Gasteiger partial charge < -0.3 is 10.8 Å². The van der Waals surface area contributed by atoms with Crippen LogP contribution in [0.15, 0.2) is 59.6 Å². The minimum Gasteiger partial charge on any atom is -0.508 e. The molecule has 0 spiro atoms. The van der Waals surface area contributed by atoms with Gasteiger partial charge in [0.25, 0.3) is 10.0 Å². The lowest BCUT2D eigenvalue weighted by Crippen LogP contribution is -2.11. The van der Waals surface area contributed by atoms with Crippen LogP contribution in [0, 0.1) is 0 Å². The molecule has 1 heterocycles. The van der Waals surface area contributed by atoms with E-state index in [0.29, 0.717) is 23.9 Å². The fraction of sp³-hybridized carbons (Fsp3) is 0.125. The Balaban J connectivity index is 2.28. The van der Waals surface area contributed by atoms with E-state index in [1.165, 1.54) is 10.0 Å². The van der Waals surface area contributed by atoms with Crippen LogP contribution in [0.2, 0.25) is 0 Å². The molecule has 2 aromatic carbocycles. The Kier molecular flexibility index (Phi) is 3.64. The number of rotatable bonds is 4. The zero-order chi connectivity index (χ0) is 15.7. The highest BCUT2D eigenvalue weighted by Crippen LogP contribution is 2.29. The molecule has 3 aromatic rings. The Hall–Kier alpha value is -2.31. The number of nitrogens with two attached hydrogens (primary N) is 1. The molecule has 1 aromatic heterocycles. The van der Waals surface area contributed by atoms with Crippen molar-refractivity contribution in [3.8, 4) is 5.75 Å². The van der Waals surface area contributed by atoms with Crippen LogP contribution in [-0.2, 0) is 16.4 Å². The van der Waals surface area contributed by atoms with Crippen molar-refractivity contribution < 1.29 is 13.5 Å². The minimum absolute atomic E-state index is 0.0978. The van der Waals surface area contributed by atoms with Crippen LogP contribution in [0.4, 0.5) is 0 Å². The summed E-state index contributed by atoms with van der Waals surface area (Å²) in [6, 6.07) is 12.9. The molecule has 0 aliphatic rings. The fourth-order valence-corrected chi connectivity index (χ4v) is 3.93. The molecule has 0 aliphatic heterocycles. The van der Waals surface area contributed by atoms with Crippen LogP contribution in [0.1, 0.15) is 5.56 Å². The van der Waals surface area contributed by atoms with E-state index in [1.54, 1.807) is 48.7 Å². The standard InChI is InChI=1S/C16H16N2O3S/c17-9-8-12-11-18(16-7-6-13(19)10-15(12)16)22(20,21)14-4-2-1-3-5-14/h1-7,10-11,19H,8-9,17H2. The zero-order valence-corrected chi connectivity index (χ0v) is 12.6. The summed E-state index contributed by atoms with van der Waals surface area (Å²) in [4.78, 5) is 0.222. The van der Waals surface area contributed by atoms with Gasteiger partial charge >= 0.3 is 0 Å². The number of hydrogen-bond donors (Lipinski definition) is 2. The van der Waals surface area contributed by atoms with Crippen LogP contribution < -0.4 is 5.73 Å². The van der Waals surface area contributed by atoms with E-state index in [-0.39, 0.29) is 10.6 Å². The first-order valence-corrected chi connectivity index (χ1v) is 8.31. The summed E-state index contributed by atoms with van der Waals surface area (Å²) in [6.07, 6.45) is 2.12. The number of phenols is 1. The molecule has 0 fully saturated rings. The second-order valence-corrected chi connectivity index (χ2v) is 6.82. The van der Waals surface area contributed by atoms with Crippen molar-refractivity contribution in [2.24, 2.45) is 5.73 Å². The molecule has 3 N–H and O–H groups in total. The highest BCUT2D eigenvalue weighted by Gasteiger charge is 2.20. The molecule has 114 valence electrons. The molecular weight excluding hydrogens is 300 g/mol. The molecule has 0 saturated heterocycles. The van der Waals surface area contributed by atoms with Gasteiger partial charge in [-0.25, -0.2) is 12.4 Å². The van der Waals surface area contributed by atoms with Crippen LogP contribution in [0.3, 0.4) is 0 Å². The van der Waals surface area contributed by atoms with Crippen LogP contribution in [-0.4, -0.2) is 24.0 Å². The summed E-state index contributed by atoms with van der Waals surface area (Å²) in [5, 5.41) is 10.4. The Morgan fingerprint density at radius 1 is 1.09 bits per heavy atom. The second-order valence-electron chi connectivity index (χ2n) is 5.01. The molecule has 0 aliphatic carbocycles. The van der Waals surface area contributed by atoms with E-state index in [9.17, 15) is 13.5 Å². The SMILES string of the molecule is NCCc1cn(S(=O)(=O)c2ccccc2)c2ccc(O)cc12. The molecule has 5 nitrogen and oxygen atoms in total. The van der Waals surface area contributed by atoms with E-state index < -0.39 is 10.0 Å². The lowest BCUT2D eigenvalue weighted by atomic mass is 10.1. The van der Waals surface area contributed by atoms with Crippen molar-refractivity contribution in [3.05, 3.63) is 60.3 Å². The Morgan fingerprint density at radius 2 is 1.82 bits per heavy atom. The normalized spacial score (nSPS) is 11.9. The van der Waals surface area contributed by atoms with Crippen LogP contribution in [0.5, 0.6) is 5.75 Å². The number of phenolic OH excluding ortho intramolecular Hbond substituents is 1. The van der Waals surface area contributed by atoms with Gasteiger partial charge in [0, 0.05) is 11.6 Å². The molecule has 0 atom stereocenters. The van der Waals surface area contributed by atoms with Crippen molar-refractivity contribution in [1.82, 2.24) is 3.97 Å². The topological polar surface area (TPSA) is 85.3 Å². The lowest BCUT2D eigenvalue weighted by Gasteiger charge is -2.07. The Morgan fingerprint density at radius 3 is 2.50 bits per heavy atom. The molecular formula is C16H16N2O3S. The van der Waals surface area contributed by atoms with E-state index in [4.69, 9.17) is 5.73 Å². The number of benzene rings is 2. The van der Waals surface area contributed by atoms with Crippen LogP contribution >= 0.6 is 0 Å². The summed E-state index contributed by atoms with van der Waals surface area (Å²) in [6.45, 7) is 0.403. The molecule has 6 heteroatoms. The highest BCUT2D eigenvalue weighted by molar-refractivity contribution is 7.90. The monoisotopic (exact) mass is 316 g/mol. The van der Waals surface area contributed by atoms with Gasteiger partial charge in [0.1, 0.15) is 5.75 Å². The average molecular weight is 316 g/mol. The van der Waals surface area contributed by atoms with Gasteiger partial charge in [-0.1, -0.05) is 18.2 Å². The van der Waals surface area contributed by atoms with Gasteiger partial charge in [0.05, 0.1) is 10.4 Å². The molecule has 0 saturated carbocycles. The van der Waals surface area contributed by atoms with E-state index in [2.05, 4.69) is 0 Å². The zero-order valence-electron chi connectivity index (χ0n) is 11.8. The fourth-order valence-electron chi connectivity index (χ4n) is 2.51. The van der Waals surface area contributed by atoms with E-state index in [0.717, 1.165) is 5.56 Å². The first kappa shape index (κ1) is 14.6. The smallest absolute Gasteiger partial charge is 0.268 e. The van der Waals surface area contributed by atoms with E-state index in [1.807, 2.05) is 0 Å². The van der Waals surface area contributed by atoms with Crippen molar-refractivity contribution >= 4 is 20.9 Å². The quantitative estimate of drug-likeness (QED) is 0.772.